The van der Waals surface area contributed by atoms with Crippen molar-refractivity contribution in [1.29, 1.82) is 0 Å². The number of benzene rings is 1. The first-order valence-electron chi connectivity index (χ1n) is 8.19. The predicted octanol–water partition coefficient (Wildman–Crippen LogP) is 4.45. The highest BCUT2D eigenvalue weighted by atomic mass is 127. The molecule has 0 bridgehead atoms. The minimum absolute atomic E-state index is 0.121. The van der Waals surface area contributed by atoms with Crippen LogP contribution >= 0.6 is 22.6 Å². The van der Waals surface area contributed by atoms with Gasteiger partial charge in [-0.2, -0.15) is 0 Å². The van der Waals surface area contributed by atoms with Crippen molar-refractivity contribution < 1.29 is 32.2 Å². The number of halogens is 4. The Balaban J connectivity index is 2.15. The van der Waals surface area contributed by atoms with Gasteiger partial charge in [0.15, 0.2) is 11.6 Å². The van der Waals surface area contributed by atoms with E-state index in [1.165, 1.54) is 7.11 Å². The van der Waals surface area contributed by atoms with Gasteiger partial charge in [-0.3, -0.25) is 4.79 Å². The van der Waals surface area contributed by atoms with E-state index in [4.69, 9.17) is 4.74 Å². The molecule has 1 aromatic rings. The van der Waals surface area contributed by atoms with E-state index in [9.17, 15) is 22.8 Å². The summed E-state index contributed by atoms with van der Waals surface area (Å²) >= 11 is 1.56. The minimum atomic E-state index is -1.29. The fourth-order valence-electron chi connectivity index (χ4n) is 3.08. The smallest absolute Gasteiger partial charge is 0.333 e. The van der Waals surface area contributed by atoms with Crippen molar-refractivity contribution in [2.75, 3.05) is 7.11 Å². The number of hydrogen-bond donors (Lipinski definition) is 0. The zero-order valence-electron chi connectivity index (χ0n) is 15.6. The van der Waals surface area contributed by atoms with E-state index in [1.54, 1.807) is 35.6 Å². The molecule has 0 N–H and O–H groups in total. The van der Waals surface area contributed by atoms with Crippen molar-refractivity contribution in [3.8, 4) is 0 Å². The van der Waals surface area contributed by atoms with E-state index < -0.39 is 52.9 Å². The highest BCUT2D eigenvalue weighted by Crippen LogP contribution is 2.60. The zero-order valence-corrected chi connectivity index (χ0v) is 17.7. The number of carbonyl (C=O) groups is 2. The second-order valence-corrected chi connectivity index (χ2v) is 8.21. The number of allylic oxidation sites excluding steroid dienone is 1. The van der Waals surface area contributed by atoms with Gasteiger partial charge in [0, 0.05) is 16.7 Å². The molecule has 0 radical (unpaired) electrons. The first-order chi connectivity index (χ1) is 12.4. The Morgan fingerprint density at radius 1 is 1.19 bits per heavy atom. The molecule has 0 saturated heterocycles. The van der Waals surface area contributed by atoms with Crippen LogP contribution in [0, 0.1) is 45.2 Å². The van der Waals surface area contributed by atoms with Crippen LogP contribution in [-0.2, 0) is 25.7 Å². The lowest BCUT2D eigenvalue weighted by atomic mass is 10.1. The van der Waals surface area contributed by atoms with Gasteiger partial charge in [0.1, 0.15) is 12.4 Å². The summed E-state index contributed by atoms with van der Waals surface area (Å²) in [6, 6.07) is 0. The maximum absolute atomic E-state index is 14.1. The van der Waals surface area contributed by atoms with Crippen molar-refractivity contribution >= 4 is 34.5 Å². The Kier molecular flexibility index (Phi) is 6.28. The van der Waals surface area contributed by atoms with Gasteiger partial charge in [-0.15, -0.1) is 0 Å². The van der Waals surface area contributed by atoms with E-state index in [0.29, 0.717) is 5.57 Å². The summed E-state index contributed by atoms with van der Waals surface area (Å²) in [5.41, 5.74) is -0.837. The van der Waals surface area contributed by atoms with Crippen LogP contribution in [0.15, 0.2) is 11.6 Å². The number of esters is 2. The molecule has 2 rings (SSSR count). The third-order valence-corrected chi connectivity index (χ3v) is 6.16. The molecular weight excluding hydrogens is 476 g/mol. The second kappa shape index (κ2) is 7.81. The van der Waals surface area contributed by atoms with Gasteiger partial charge < -0.3 is 9.47 Å². The molecule has 0 aliphatic heterocycles. The molecule has 1 aliphatic carbocycles. The van der Waals surface area contributed by atoms with Crippen LogP contribution in [0.5, 0.6) is 0 Å². The Hall–Kier alpha value is -1.58. The highest BCUT2D eigenvalue weighted by molar-refractivity contribution is 14.1. The van der Waals surface area contributed by atoms with Crippen molar-refractivity contribution in [3.05, 3.63) is 43.8 Å². The zero-order chi connectivity index (χ0) is 20.7. The molecule has 1 aromatic carbocycles. The third-order valence-electron chi connectivity index (χ3n) is 5.03. The molecule has 1 saturated carbocycles. The molecule has 0 unspecified atom stereocenters. The van der Waals surface area contributed by atoms with Crippen molar-refractivity contribution in [2.45, 2.75) is 34.3 Å². The molecule has 0 aromatic heterocycles. The molecule has 0 amide bonds. The van der Waals surface area contributed by atoms with E-state index in [1.807, 2.05) is 13.8 Å². The van der Waals surface area contributed by atoms with Crippen molar-refractivity contribution in [2.24, 2.45) is 17.3 Å². The average Bonchev–Trinajstić information content (AvgIpc) is 3.17. The van der Waals surface area contributed by atoms with E-state index in [0.717, 1.165) is 6.92 Å². The molecule has 0 heterocycles. The number of rotatable bonds is 5. The van der Waals surface area contributed by atoms with Crippen LogP contribution in [0.3, 0.4) is 0 Å². The molecular formula is C19H20F3IO4. The Morgan fingerprint density at radius 2 is 1.78 bits per heavy atom. The molecule has 2 atom stereocenters. The Morgan fingerprint density at radius 3 is 2.33 bits per heavy atom. The predicted molar refractivity (Wildman–Crippen MR) is 100 cm³/mol. The number of methoxy groups -OCH3 is 1. The van der Waals surface area contributed by atoms with Gasteiger partial charge in [0.05, 0.1) is 16.6 Å². The van der Waals surface area contributed by atoms with Crippen LogP contribution < -0.4 is 0 Å². The van der Waals surface area contributed by atoms with Crippen molar-refractivity contribution in [1.82, 2.24) is 0 Å². The molecule has 4 nitrogen and oxygen atoms in total. The van der Waals surface area contributed by atoms with E-state index >= 15 is 0 Å². The van der Waals surface area contributed by atoms with Gasteiger partial charge in [-0.1, -0.05) is 19.9 Å². The summed E-state index contributed by atoms with van der Waals surface area (Å²) in [4.78, 5) is 23.9. The quantitative estimate of drug-likeness (QED) is 0.262. The summed E-state index contributed by atoms with van der Waals surface area (Å²) in [6.45, 7) is 5.81. The molecule has 1 fully saturated rings. The molecule has 27 heavy (non-hydrogen) atoms. The summed E-state index contributed by atoms with van der Waals surface area (Å²) < 4.78 is 51.5. The van der Waals surface area contributed by atoms with Gasteiger partial charge in [-0.05, 0) is 47.8 Å². The summed E-state index contributed by atoms with van der Waals surface area (Å²) in [5, 5.41) is 0. The lowest BCUT2D eigenvalue weighted by Gasteiger charge is -2.12. The monoisotopic (exact) mass is 496 g/mol. The minimum Gasteiger partial charge on any atom is -0.466 e. The topological polar surface area (TPSA) is 52.6 Å². The first-order valence-corrected chi connectivity index (χ1v) is 9.27. The van der Waals surface area contributed by atoms with Crippen LogP contribution in [0.25, 0.3) is 0 Å². The van der Waals surface area contributed by atoms with Gasteiger partial charge >= 0.3 is 11.9 Å². The second-order valence-electron chi connectivity index (χ2n) is 7.13. The Labute approximate surface area is 169 Å². The van der Waals surface area contributed by atoms with Gasteiger partial charge in [0.2, 0.25) is 0 Å². The highest BCUT2D eigenvalue weighted by Gasteiger charge is 2.61. The normalized spacial score (nSPS) is 21.0. The summed E-state index contributed by atoms with van der Waals surface area (Å²) in [5.74, 6) is -5.29. The third kappa shape index (κ3) is 4.00. The van der Waals surface area contributed by atoms with Crippen LogP contribution in [-0.4, -0.2) is 19.0 Å². The average molecular weight is 496 g/mol. The van der Waals surface area contributed by atoms with Crippen LogP contribution in [0.1, 0.15) is 31.9 Å². The fraction of sp³-hybridized carbons (Fsp3) is 0.474. The lowest BCUT2D eigenvalue weighted by Crippen LogP contribution is -2.14. The molecule has 148 valence electrons. The lowest BCUT2D eigenvalue weighted by molar-refractivity contribution is -0.147. The van der Waals surface area contributed by atoms with Crippen molar-refractivity contribution in [3.63, 3.8) is 0 Å². The largest absolute Gasteiger partial charge is 0.466 e. The number of ether oxygens (including phenoxy) is 2. The van der Waals surface area contributed by atoms with E-state index in [2.05, 4.69) is 4.74 Å². The fourth-order valence-corrected chi connectivity index (χ4v) is 3.88. The molecule has 8 heteroatoms. The van der Waals surface area contributed by atoms with Gasteiger partial charge in [0.25, 0.3) is 0 Å². The number of carbonyl (C=O) groups excluding carboxylic acids is 2. The SMILES string of the molecule is COC(=O)/C(C)=C/[C@@H]1[C@@H](C(=O)OCc2c(F)c(F)c(C)c(F)c2I)C1(C)C. The van der Waals surface area contributed by atoms with E-state index in [-0.39, 0.29) is 15.1 Å². The first kappa shape index (κ1) is 21.7. The van der Waals surface area contributed by atoms with Crippen LogP contribution in [0.4, 0.5) is 13.2 Å². The van der Waals surface area contributed by atoms with Gasteiger partial charge in [-0.25, -0.2) is 18.0 Å². The maximum atomic E-state index is 14.1. The standard InChI is InChI=1S/C19H20F3IO4/c1-8(17(24)26-5)6-11-12(19(11,3)4)18(25)27-7-10-15(22)13(20)9(2)14(21)16(10)23/h6,11-12H,7H2,1-5H3/b8-6+/t11-,12+/m1/s1. The maximum Gasteiger partial charge on any atom is 0.333 e. The summed E-state index contributed by atoms with van der Waals surface area (Å²) in [7, 11) is 1.26. The number of hydrogen-bond acceptors (Lipinski definition) is 4. The molecule has 1 aliphatic rings. The molecule has 0 spiro atoms. The van der Waals surface area contributed by atoms with Crippen LogP contribution in [0.2, 0.25) is 0 Å². The Bertz CT molecular complexity index is 804. The summed E-state index contributed by atoms with van der Waals surface area (Å²) in [6.07, 6.45) is 1.65.